The molecule has 0 saturated heterocycles. The van der Waals surface area contributed by atoms with Crippen LogP contribution in [0.4, 0.5) is 15.8 Å². The summed E-state index contributed by atoms with van der Waals surface area (Å²) in [5.74, 6) is -0.654. The fourth-order valence-corrected chi connectivity index (χ4v) is 3.14. The number of hydrogen-bond acceptors (Lipinski definition) is 4. The average molecular weight is 351 g/mol. The quantitative estimate of drug-likeness (QED) is 0.712. The van der Waals surface area contributed by atoms with Crippen LogP contribution in [0.2, 0.25) is 0 Å². The third-order valence-corrected chi connectivity index (χ3v) is 4.46. The van der Waals surface area contributed by atoms with Crippen LogP contribution in [-0.2, 0) is 0 Å². The van der Waals surface area contributed by atoms with Gasteiger partial charge in [-0.15, -0.1) is 5.10 Å². The van der Waals surface area contributed by atoms with Crippen LogP contribution in [0.1, 0.15) is 16.9 Å². The summed E-state index contributed by atoms with van der Waals surface area (Å²) in [5.41, 5.74) is 2.39. The summed E-state index contributed by atoms with van der Waals surface area (Å²) in [4.78, 5) is 18.1. The first-order valence-electron chi connectivity index (χ1n) is 8.44. The van der Waals surface area contributed by atoms with Gasteiger partial charge in [0.15, 0.2) is 5.69 Å². The van der Waals surface area contributed by atoms with Gasteiger partial charge in [0.05, 0.1) is 23.3 Å². The molecule has 0 unspecified atom stereocenters. The molecule has 0 spiro atoms. The molecule has 2 aromatic carbocycles. The number of para-hydroxylation sites is 1. The van der Waals surface area contributed by atoms with Gasteiger partial charge in [-0.3, -0.25) is 4.79 Å². The molecule has 1 aromatic heterocycles. The number of hydrogen-bond donors (Lipinski definition) is 0. The van der Waals surface area contributed by atoms with Crippen LogP contribution >= 0.6 is 0 Å². The van der Waals surface area contributed by atoms with Crippen molar-refractivity contribution < 1.29 is 9.18 Å². The maximum Gasteiger partial charge on any atom is 0.280 e. The first-order valence-corrected chi connectivity index (χ1v) is 8.44. The number of amides is 1. The molecule has 0 N–H and O–H groups in total. The van der Waals surface area contributed by atoms with E-state index in [1.54, 1.807) is 11.0 Å². The number of halogens is 1. The van der Waals surface area contributed by atoms with Crippen molar-refractivity contribution in [3.63, 3.8) is 0 Å². The van der Waals surface area contributed by atoms with E-state index in [9.17, 15) is 9.18 Å². The molecule has 0 atom stereocenters. The van der Waals surface area contributed by atoms with Gasteiger partial charge < -0.3 is 9.80 Å². The molecule has 1 amide bonds. The van der Waals surface area contributed by atoms with E-state index in [2.05, 4.69) is 10.2 Å². The Morgan fingerprint density at radius 3 is 2.69 bits per heavy atom. The van der Waals surface area contributed by atoms with E-state index in [0.29, 0.717) is 12.2 Å². The van der Waals surface area contributed by atoms with Crippen molar-refractivity contribution in [2.45, 2.75) is 6.42 Å². The number of benzene rings is 2. The largest absolute Gasteiger partial charge is 0.373 e. The predicted molar refractivity (Wildman–Crippen MR) is 97.3 cm³/mol. The van der Waals surface area contributed by atoms with E-state index >= 15 is 0 Å². The van der Waals surface area contributed by atoms with Gasteiger partial charge in [0.1, 0.15) is 5.82 Å². The lowest BCUT2D eigenvalue weighted by atomic mass is 10.2. The number of aromatic nitrogens is 3. The fourth-order valence-electron chi connectivity index (χ4n) is 3.14. The molecule has 0 fully saturated rings. The Labute approximate surface area is 150 Å². The van der Waals surface area contributed by atoms with Crippen molar-refractivity contribution >= 4 is 17.3 Å². The Balaban J connectivity index is 1.69. The van der Waals surface area contributed by atoms with Gasteiger partial charge in [0.2, 0.25) is 0 Å². The van der Waals surface area contributed by atoms with E-state index in [-0.39, 0.29) is 17.4 Å². The third kappa shape index (κ3) is 2.92. The second-order valence-electron chi connectivity index (χ2n) is 6.22. The highest BCUT2D eigenvalue weighted by Crippen LogP contribution is 2.33. The lowest BCUT2D eigenvalue weighted by Gasteiger charge is -2.23. The van der Waals surface area contributed by atoms with Gasteiger partial charge in [0, 0.05) is 20.1 Å². The zero-order chi connectivity index (χ0) is 18.1. The van der Waals surface area contributed by atoms with Crippen molar-refractivity contribution in [3.05, 3.63) is 66.2 Å². The Hall–Kier alpha value is -3.22. The number of rotatable bonds is 2. The van der Waals surface area contributed by atoms with E-state index in [1.165, 1.54) is 23.1 Å². The van der Waals surface area contributed by atoms with Crippen molar-refractivity contribution in [2.75, 3.05) is 29.9 Å². The zero-order valence-electron chi connectivity index (χ0n) is 14.3. The Kier molecular flexibility index (Phi) is 4.12. The van der Waals surface area contributed by atoms with Gasteiger partial charge in [-0.1, -0.05) is 18.2 Å². The monoisotopic (exact) mass is 351 g/mol. The van der Waals surface area contributed by atoms with Crippen molar-refractivity contribution in [2.24, 2.45) is 0 Å². The van der Waals surface area contributed by atoms with Gasteiger partial charge >= 0.3 is 0 Å². The molecule has 1 aliphatic heterocycles. The molecule has 0 bridgehead atoms. The van der Waals surface area contributed by atoms with Crippen molar-refractivity contribution in [1.29, 1.82) is 0 Å². The fraction of sp³-hybridized carbons (Fsp3) is 0.211. The standard InChI is InChI=1S/C19H18FN5O/c1-23-10-5-11-24(18-12-14(20)8-9-17(18)23)19(26)16-13-21-25(22-16)15-6-3-2-4-7-15/h2-4,6-9,12-13H,5,10-11H2,1H3. The van der Waals surface area contributed by atoms with Gasteiger partial charge in [0.25, 0.3) is 5.91 Å². The smallest absolute Gasteiger partial charge is 0.280 e. The summed E-state index contributed by atoms with van der Waals surface area (Å²) >= 11 is 0. The highest BCUT2D eigenvalue weighted by Gasteiger charge is 2.26. The van der Waals surface area contributed by atoms with Gasteiger partial charge in [-0.25, -0.2) is 4.39 Å². The SMILES string of the molecule is CN1CCCN(C(=O)c2cnn(-c3ccccc3)n2)c2cc(F)ccc21. The van der Waals surface area contributed by atoms with Gasteiger partial charge in [-0.2, -0.15) is 9.90 Å². The normalized spacial score (nSPS) is 14.1. The molecule has 7 heteroatoms. The van der Waals surface area contributed by atoms with Crippen LogP contribution in [0, 0.1) is 5.82 Å². The first-order chi connectivity index (χ1) is 12.6. The number of fused-ring (bicyclic) bond motifs is 1. The van der Waals surface area contributed by atoms with E-state index in [4.69, 9.17) is 0 Å². The van der Waals surface area contributed by atoms with Crippen LogP contribution < -0.4 is 9.80 Å². The number of carbonyl (C=O) groups is 1. The van der Waals surface area contributed by atoms with E-state index in [1.807, 2.05) is 42.3 Å². The molecule has 1 aliphatic rings. The summed E-state index contributed by atoms with van der Waals surface area (Å²) in [6.45, 7) is 1.29. The topological polar surface area (TPSA) is 54.3 Å². The number of carbonyl (C=O) groups excluding carboxylic acids is 1. The molecule has 132 valence electrons. The molecular weight excluding hydrogens is 333 g/mol. The van der Waals surface area contributed by atoms with E-state index in [0.717, 1.165) is 24.3 Å². The van der Waals surface area contributed by atoms with Crippen molar-refractivity contribution in [1.82, 2.24) is 15.0 Å². The second-order valence-corrected chi connectivity index (χ2v) is 6.22. The molecule has 2 heterocycles. The van der Waals surface area contributed by atoms with Crippen LogP contribution in [0.3, 0.4) is 0 Å². The molecule has 0 aliphatic carbocycles. The molecule has 4 rings (SSSR count). The Bertz CT molecular complexity index is 940. The predicted octanol–water partition coefficient (Wildman–Crippen LogP) is 2.89. The van der Waals surface area contributed by atoms with Crippen molar-refractivity contribution in [3.8, 4) is 5.69 Å². The van der Waals surface area contributed by atoms with Crippen LogP contribution in [0.5, 0.6) is 0 Å². The minimum absolute atomic E-state index is 0.230. The number of anilines is 2. The highest BCUT2D eigenvalue weighted by molar-refractivity contribution is 6.06. The minimum Gasteiger partial charge on any atom is -0.373 e. The Morgan fingerprint density at radius 2 is 1.88 bits per heavy atom. The van der Waals surface area contributed by atoms with Crippen LogP contribution in [0.25, 0.3) is 5.69 Å². The molecule has 6 nitrogen and oxygen atoms in total. The molecule has 26 heavy (non-hydrogen) atoms. The molecule has 0 saturated carbocycles. The van der Waals surface area contributed by atoms with Gasteiger partial charge in [-0.05, 0) is 36.8 Å². The Morgan fingerprint density at radius 1 is 1.08 bits per heavy atom. The maximum absolute atomic E-state index is 13.8. The highest BCUT2D eigenvalue weighted by atomic mass is 19.1. The average Bonchev–Trinajstić information content (AvgIpc) is 3.09. The summed E-state index contributed by atoms with van der Waals surface area (Å²) in [6, 6.07) is 13.9. The molecule has 0 radical (unpaired) electrons. The lowest BCUT2D eigenvalue weighted by molar-refractivity contribution is 0.0982. The maximum atomic E-state index is 13.8. The summed E-state index contributed by atoms with van der Waals surface area (Å²) < 4.78 is 13.8. The van der Waals surface area contributed by atoms with Crippen LogP contribution in [-0.4, -0.2) is 41.0 Å². The zero-order valence-corrected chi connectivity index (χ0v) is 14.3. The first kappa shape index (κ1) is 16.3. The number of nitrogens with zero attached hydrogens (tertiary/aromatic N) is 5. The third-order valence-electron chi connectivity index (χ3n) is 4.46. The van der Waals surface area contributed by atoms with E-state index < -0.39 is 0 Å². The van der Waals surface area contributed by atoms with Crippen LogP contribution in [0.15, 0.2) is 54.7 Å². The molecular formula is C19H18FN5O. The minimum atomic E-state index is -0.371. The second kappa shape index (κ2) is 6.59. The summed E-state index contributed by atoms with van der Waals surface area (Å²) in [7, 11) is 1.94. The lowest BCUT2D eigenvalue weighted by Crippen LogP contribution is -2.32. The summed E-state index contributed by atoms with van der Waals surface area (Å²) in [5, 5.41) is 8.50. The summed E-state index contributed by atoms with van der Waals surface area (Å²) in [6.07, 6.45) is 2.23. The molecule has 3 aromatic rings.